The lowest BCUT2D eigenvalue weighted by atomic mass is 10.1. The summed E-state index contributed by atoms with van der Waals surface area (Å²) in [6, 6.07) is 4.74. The zero-order valence-electron chi connectivity index (χ0n) is 10.1. The topological polar surface area (TPSA) is 56.7 Å². The van der Waals surface area contributed by atoms with Crippen LogP contribution >= 0.6 is 0 Å². The van der Waals surface area contributed by atoms with E-state index < -0.39 is 0 Å². The van der Waals surface area contributed by atoms with E-state index in [4.69, 9.17) is 5.73 Å². The van der Waals surface area contributed by atoms with Crippen molar-refractivity contribution in [3.63, 3.8) is 0 Å². The molecule has 0 aliphatic carbocycles. The van der Waals surface area contributed by atoms with Crippen molar-refractivity contribution in [2.45, 2.75) is 26.8 Å². The van der Waals surface area contributed by atoms with Crippen LogP contribution in [0.1, 0.15) is 30.2 Å². The van der Waals surface area contributed by atoms with Crippen LogP contribution in [0.25, 0.3) is 5.69 Å². The van der Waals surface area contributed by atoms with Crippen molar-refractivity contribution in [2.24, 2.45) is 5.73 Å². The zero-order valence-corrected chi connectivity index (χ0v) is 10.1. The Hall–Kier alpha value is -1.75. The van der Waals surface area contributed by atoms with Crippen molar-refractivity contribution in [3.05, 3.63) is 41.2 Å². The average molecular weight is 234 g/mol. The number of aromatic nitrogens is 3. The minimum Gasteiger partial charge on any atom is -0.324 e. The molecular weight excluding hydrogens is 219 g/mol. The average Bonchev–Trinajstić information content (AvgIpc) is 2.57. The number of halogens is 1. The lowest BCUT2D eigenvalue weighted by Crippen LogP contribution is -2.08. The molecule has 0 radical (unpaired) electrons. The maximum Gasteiger partial charge on any atom is 0.149 e. The van der Waals surface area contributed by atoms with E-state index in [2.05, 4.69) is 10.1 Å². The minimum absolute atomic E-state index is 0.183. The first-order valence-corrected chi connectivity index (χ1v) is 5.44. The van der Waals surface area contributed by atoms with Crippen molar-refractivity contribution >= 4 is 0 Å². The highest BCUT2D eigenvalue weighted by atomic mass is 19.1. The summed E-state index contributed by atoms with van der Waals surface area (Å²) < 4.78 is 15.4. The Bertz CT molecular complexity index is 545. The third-order valence-electron chi connectivity index (χ3n) is 2.60. The first-order chi connectivity index (χ1) is 7.99. The lowest BCUT2D eigenvalue weighted by Gasteiger charge is -2.09. The van der Waals surface area contributed by atoms with Gasteiger partial charge in [0.05, 0.1) is 0 Å². The van der Waals surface area contributed by atoms with Gasteiger partial charge in [-0.2, -0.15) is 5.10 Å². The zero-order chi connectivity index (χ0) is 12.6. The number of hydrogen-bond donors (Lipinski definition) is 1. The van der Waals surface area contributed by atoms with Crippen LogP contribution in [0.4, 0.5) is 4.39 Å². The molecule has 0 fully saturated rings. The highest BCUT2D eigenvalue weighted by Crippen LogP contribution is 2.18. The van der Waals surface area contributed by atoms with E-state index in [-0.39, 0.29) is 11.9 Å². The predicted octanol–water partition coefficient (Wildman–Crippen LogP) is 2.04. The molecule has 4 nitrogen and oxygen atoms in total. The lowest BCUT2D eigenvalue weighted by molar-refractivity contribution is 0.602. The fourth-order valence-corrected chi connectivity index (χ4v) is 1.73. The van der Waals surface area contributed by atoms with Gasteiger partial charge in [0, 0.05) is 6.04 Å². The van der Waals surface area contributed by atoms with Crippen LogP contribution in [-0.4, -0.2) is 14.8 Å². The van der Waals surface area contributed by atoms with Gasteiger partial charge in [-0.1, -0.05) is 6.07 Å². The molecule has 90 valence electrons. The fraction of sp³-hybridized carbons (Fsp3) is 0.333. The molecule has 0 aliphatic rings. The van der Waals surface area contributed by atoms with Gasteiger partial charge in [-0.3, -0.25) is 0 Å². The van der Waals surface area contributed by atoms with Gasteiger partial charge in [0.2, 0.25) is 0 Å². The second kappa shape index (κ2) is 4.25. The predicted molar refractivity (Wildman–Crippen MR) is 63.4 cm³/mol. The third kappa shape index (κ3) is 2.19. The molecule has 2 aromatic rings. The Morgan fingerprint density at radius 1 is 1.35 bits per heavy atom. The molecule has 0 saturated carbocycles. The highest BCUT2D eigenvalue weighted by molar-refractivity contribution is 5.37. The molecule has 1 heterocycles. The van der Waals surface area contributed by atoms with Gasteiger partial charge in [-0.05, 0) is 38.5 Å². The summed E-state index contributed by atoms with van der Waals surface area (Å²) >= 11 is 0. The standard InChI is InChI=1S/C12H15FN4/c1-7(14)10-4-5-12(11(13)6-10)17-9(3)15-8(2)16-17/h4-7H,14H2,1-3H3/t7-/m1/s1. The molecule has 17 heavy (non-hydrogen) atoms. The SMILES string of the molecule is Cc1nc(C)n(-c2ccc([C@@H](C)N)cc2F)n1. The molecular formula is C12H15FN4. The Morgan fingerprint density at radius 3 is 2.53 bits per heavy atom. The monoisotopic (exact) mass is 234 g/mol. The minimum atomic E-state index is -0.340. The maximum absolute atomic E-state index is 13.9. The van der Waals surface area contributed by atoms with E-state index in [1.807, 2.05) is 6.92 Å². The van der Waals surface area contributed by atoms with E-state index in [1.54, 1.807) is 26.0 Å². The summed E-state index contributed by atoms with van der Waals surface area (Å²) in [4.78, 5) is 4.15. The number of hydrogen-bond acceptors (Lipinski definition) is 3. The van der Waals surface area contributed by atoms with Gasteiger partial charge in [-0.25, -0.2) is 14.1 Å². The van der Waals surface area contributed by atoms with Gasteiger partial charge in [0.25, 0.3) is 0 Å². The van der Waals surface area contributed by atoms with Crippen molar-refractivity contribution in [1.29, 1.82) is 0 Å². The Morgan fingerprint density at radius 2 is 2.06 bits per heavy atom. The van der Waals surface area contributed by atoms with Crippen LogP contribution < -0.4 is 5.73 Å². The summed E-state index contributed by atoms with van der Waals surface area (Å²) in [6.45, 7) is 5.38. The maximum atomic E-state index is 13.9. The molecule has 0 unspecified atom stereocenters. The quantitative estimate of drug-likeness (QED) is 0.865. The molecule has 0 aliphatic heterocycles. The molecule has 5 heteroatoms. The Labute approximate surface area is 99.3 Å². The van der Waals surface area contributed by atoms with Crippen LogP contribution in [-0.2, 0) is 0 Å². The number of nitrogens with zero attached hydrogens (tertiary/aromatic N) is 3. The van der Waals surface area contributed by atoms with Gasteiger partial charge in [0.15, 0.2) is 0 Å². The molecule has 0 saturated heterocycles. The molecule has 0 spiro atoms. The Balaban J connectivity index is 2.50. The number of nitrogens with two attached hydrogens (primary N) is 1. The normalized spacial score (nSPS) is 12.8. The third-order valence-corrected chi connectivity index (χ3v) is 2.60. The summed E-state index contributed by atoms with van der Waals surface area (Å²) in [5, 5.41) is 4.15. The molecule has 1 atom stereocenters. The molecule has 2 N–H and O–H groups in total. The Kier molecular flexibility index (Phi) is 2.93. The molecule has 0 amide bonds. The van der Waals surface area contributed by atoms with Gasteiger partial charge in [0.1, 0.15) is 23.2 Å². The molecule has 0 bridgehead atoms. The molecule has 2 rings (SSSR count). The first-order valence-electron chi connectivity index (χ1n) is 5.44. The van der Waals surface area contributed by atoms with Crippen LogP contribution in [0.15, 0.2) is 18.2 Å². The van der Waals surface area contributed by atoms with Crippen LogP contribution in [0.2, 0.25) is 0 Å². The molecule has 1 aromatic carbocycles. The van der Waals surface area contributed by atoms with E-state index in [1.165, 1.54) is 10.7 Å². The smallest absolute Gasteiger partial charge is 0.149 e. The summed E-state index contributed by atoms with van der Waals surface area (Å²) in [7, 11) is 0. The van der Waals surface area contributed by atoms with E-state index in [9.17, 15) is 4.39 Å². The van der Waals surface area contributed by atoms with Crippen molar-refractivity contribution < 1.29 is 4.39 Å². The summed E-state index contributed by atoms with van der Waals surface area (Å²) in [6.07, 6.45) is 0. The van der Waals surface area contributed by atoms with Crippen molar-refractivity contribution in [2.75, 3.05) is 0 Å². The van der Waals surface area contributed by atoms with E-state index in [0.29, 0.717) is 17.3 Å². The number of aryl methyl sites for hydroxylation is 2. The van der Waals surface area contributed by atoms with Crippen molar-refractivity contribution in [3.8, 4) is 5.69 Å². The van der Waals surface area contributed by atoms with Crippen LogP contribution in [0.5, 0.6) is 0 Å². The molecule has 1 aromatic heterocycles. The van der Waals surface area contributed by atoms with Gasteiger partial charge >= 0.3 is 0 Å². The summed E-state index contributed by atoms with van der Waals surface area (Å²) in [5.41, 5.74) is 6.86. The van der Waals surface area contributed by atoms with Gasteiger partial charge < -0.3 is 5.73 Å². The number of rotatable bonds is 2. The van der Waals surface area contributed by atoms with E-state index >= 15 is 0 Å². The highest BCUT2D eigenvalue weighted by Gasteiger charge is 2.11. The van der Waals surface area contributed by atoms with Crippen molar-refractivity contribution in [1.82, 2.24) is 14.8 Å². The summed E-state index contributed by atoms with van der Waals surface area (Å²) in [5.74, 6) is 0.945. The largest absolute Gasteiger partial charge is 0.324 e. The van der Waals surface area contributed by atoms with Crippen LogP contribution in [0.3, 0.4) is 0 Å². The second-order valence-electron chi connectivity index (χ2n) is 4.12. The first kappa shape index (κ1) is 11.7. The van der Waals surface area contributed by atoms with Gasteiger partial charge in [-0.15, -0.1) is 0 Å². The fourth-order valence-electron chi connectivity index (χ4n) is 1.73. The van der Waals surface area contributed by atoms with Crippen LogP contribution in [0, 0.1) is 19.7 Å². The number of benzene rings is 1. The second-order valence-corrected chi connectivity index (χ2v) is 4.12. The van der Waals surface area contributed by atoms with E-state index in [0.717, 1.165) is 5.56 Å².